The van der Waals surface area contributed by atoms with E-state index in [0.29, 0.717) is 23.5 Å². The van der Waals surface area contributed by atoms with Gasteiger partial charge in [-0.3, -0.25) is 4.79 Å². The third-order valence-corrected chi connectivity index (χ3v) is 3.94. The Morgan fingerprint density at radius 1 is 1.07 bits per heavy atom. The Hall–Kier alpha value is -3.61. The Balaban J connectivity index is 1.61. The van der Waals surface area contributed by atoms with Crippen LogP contribution in [-0.4, -0.2) is 18.0 Å². The highest BCUT2D eigenvalue weighted by Crippen LogP contribution is 2.18. The van der Waals surface area contributed by atoms with Gasteiger partial charge in [-0.1, -0.05) is 12.1 Å². The van der Waals surface area contributed by atoms with Crippen molar-refractivity contribution in [1.82, 2.24) is 0 Å². The van der Waals surface area contributed by atoms with Crippen molar-refractivity contribution in [3.63, 3.8) is 0 Å². The number of hydrogen-bond acceptors (Lipinski definition) is 5. The first-order valence-electron chi connectivity index (χ1n) is 8.65. The number of nitrogens with one attached hydrogen (secondary N) is 2. The number of carbonyl (C=O) groups excluding carboxylic acids is 2. The zero-order chi connectivity index (χ0) is 19.9. The lowest BCUT2D eigenvalue weighted by molar-refractivity contribution is -0.123. The van der Waals surface area contributed by atoms with Crippen LogP contribution in [0.1, 0.15) is 23.0 Å². The molecule has 3 rings (SSSR count). The van der Waals surface area contributed by atoms with Crippen LogP contribution in [-0.2, 0) is 16.1 Å². The van der Waals surface area contributed by atoms with Gasteiger partial charge in [-0.15, -0.1) is 0 Å². The van der Waals surface area contributed by atoms with Crippen molar-refractivity contribution in [3.05, 3.63) is 84.1 Å². The number of halogens is 1. The summed E-state index contributed by atoms with van der Waals surface area (Å²) >= 11 is 0. The van der Waals surface area contributed by atoms with E-state index < -0.39 is 23.8 Å². The first-order chi connectivity index (χ1) is 13.5. The number of rotatable bonds is 7. The van der Waals surface area contributed by atoms with Gasteiger partial charge in [-0.05, 0) is 55.5 Å². The van der Waals surface area contributed by atoms with Crippen LogP contribution in [0, 0.1) is 5.82 Å². The highest BCUT2D eigenvalue weighted by molar-refractivity contribution is 5.99. The Morgan fingerprint density at radius 2 is 1.82 bits per heavy atom. The highest BCUT2D eigenvalue weighted by atomic mass is 19.1. The summed E-state index contributed by atoms with van der Waals surface area (Å²) in [5.74, 6) is -0.836. The molecule has 0 bridgehead atoms. The molecule has 1 heterocycles. The van der Waals surface area contributed by atoms with Crippen LogP contribution in [0.4, 0.5) is 15.8 Å². The van der Waals surface area contributed by atoms with Crippen LogP contribution in [0.15, 0.2) is 71.3 Å². The molecule has 0 saturated carbocycles. The fraction of sp³-hybridized carbons (Fsp3) is 0.143. The number of para-hydroxylation sites is 1. The number of ether oxygens (including phenoxy) is 1. The molecule has 0 radical (unpaired) electrons. The van der Waals surface area contributed by atoms with Crippen molar-refractivity contribution in [2.24, 2.45) is 0 Å². The van der Waals surface area contributed by atoms with Crippen molar-refractivity contribution >= 4 is 23.3 Å². The molecule has 0 aliphatic rings. The van der Waals surface area contributed by atoms with Gasteiger partial charge >= 0.3 is 5.97 Å². The second-order valence-corrected chi connectivity index (χ2v) is 6.02. The number of anilines is 2. The van der Waals surface area contributed by atoms with Crippen LogP contribution in [0.5, 0.6) is 0 Å². The number of benzene rings is 2. The Morgan fingerprint density at radius 3 is 2.54 bits per heavy atom. The number of furan rings is 1. The normalized spacial score (nSPS) is 11.5. The SMILES string of the molecule is CC(OC(=O)c1ccccc1NCc1ccco1)C(=O)Nc1ccc(F)cc1. The number of esters is 1. The summed E-state index contributed by atoms with van der Waals surface area (Å²) in [4.78, 5) is 24.7. The van der Waals surface area contributed by atoms with Crippen molar-refractivity contribution in [2.75, 3.05) is 10.6 Å². The molecule has 2 aromatic carbocycles. The molecule has 1 unspecified atom stereocenters. The molecule has 1 aromatic heterocycles. The lowest BCUT2D eigenvalue weighted by Gasteiger charge is -2.15. The first-order valence-corrected chi connectivity index (χ1v) is 8.65. The molecule has 6 nitrogen and oxygen atoms in total. The quantitative estimate of drug-likeness (QED) is 0.598. The smallest absolute Gasteiger partial charge is 0.341 e. The maximum absolute atomic E-state index is 12.9. The van der Waals surface area contributed by atoms with Crippen LogP contribution in [0.2, 0.25) is 0 Å². The van der Waals surface area contributed by atoms with Crippen LogP contribution >= 0.6 is 0 Å². The second kappa shape index (κ2) is 8.85. The van der Waals surface area contributed by atoms with Gasteiger partial charge in [0.05, 0.1) is 18.4 Å². The van der Waals surface area contributed by atoms with Gasteiger partial charge in [0.2, 0.25) is 0 Å². The predicted molar refractivity (Wildman–Crippen MR) is 102 cm³/mol. The van der Waals surface area contributed by atoms with Crippen molar-refractivity contribution in [3.8, 4) is 0 Å². The lowest BCUT2D eigenvalue weighted by Crippen LogP contribution is -2.30. The lowest BCUT2D eigenvalue weighted by atomic mass is 10.1. The number of carbonyl (C=O) groups is 2. The summed E-state index contributed by atoms with van der Waals surface area (Å²) in [7, 11) is 0. The van der Waals surface area contributed by atoms with Crippen LogP contribution in [0.25, 0.3) is 0 Å². The first kappa shape index (κ1) is 19.2. The van der Waals surface area contributed by atoms with E-state index in [2.05, 4.69) is 10.6 Å². The van der Waals surface area contributed by atoms with Crippen molar-refractivity contribution < 1.29 is 23.1 Å². The van der Waals surface area contributed by atoms with E-state index in [9.17, 15) is 14.0 Å². The maximum Gasteiger partial charge on any atom is 0.341 e. The Labute approximate surface area is 161 Å². The van der Waals surface area contributed by atoms with E-state index in [1.165, 1.54) is 31.2 Å². The van der Waals surface area contributed by atoms with E-state index in [-0.39, 0.29) is 0 Å². The van der Waals surface area contributed by atoms with Gasteiger partial charge in [0.1, 0.15) is 11.6 Å². The van der Waals surface area contributed by atoms with Gasteiger partial charge in [-0.2, -0.15) is 0 Å². The maximum atomic E-state index is 12.9. The molecule has 0 fully saturated rings. The van der Waals surface area contributed by atoms with Gasteiger partial charge < -0.3 is 19.8 Å². The van der Waals surface area contributed by atoms with Crippen LogP contribution < -0.4 is 10.6 Å². The molecule has 0 saturated heterocycles. The van der Waals surface area contributed by atoms with E-state index in [1.54, 1.807) is 36.6 Å². The Bertz CT molecular complexity index is 939. The predicted octanol–water partition coefficient (Wildman–Crippen LogP) is 4.21. The molecular formula is C21H19FN2O4. The van der Waals surface area contributed by atoms with Crippen LogP contribution in [0.3, 0.4) is 0 Å². The summed E-state index contributed by atoms with van der Waals surface area (Å²) in [5, 5.41) is 5.69. The third kappa shape index (κ3) is 4.97. The molecule has 3 aromatic rings. The monoisotopic (exact) mass is 382 g/mol. The van der Waals surface area contributed by atoms with Gasteiger partial charge in [0, 0.05) is 11.4 Å². The van der Waals surface area contributed by atoms with Gasteiger partial charge in [0.25, 0.3) is 5.91 Å². The average Bonchev–Trinajstić information content (AvgIpc) is 3.22. The fourth-order valence-electron chi connectivity index (χ4n) is 2.47. The number of amides is 1. The Kier molecular flexibility index (Phi) is 6.06. The molecule has 0 aliphatic carbocycles. The third-order valence-electron chi connectivity index (χ3n) is 3.94. The molecule has 28 heavy (non-hydrogen) atoms. The van der Waals surface area contributed by atoms with Gasteiger partial charge in [-0.25, -0.2) is 9.18 Å². The van der Waals surface area contributed by atoms with E-state index in [1.807, 2.05) is 6.07 Å². The van der Waals surface area contributed by atoms with Crippen molar-refractivity contribution in [2.45, 2.75) is 19.6 Å². The van der Waals surface area contributed by atoms with Crippen molar-refractivity contribution in [1.29, 1.82) is 0 Å². The zero-order valence-corrected chi connectivity index (χ0v) is 15.1. The minimum Gasteiger partial charge on any atom is -0.467 e. The zero-order valence-electron chi connectivity index (χ0n) is 15.1. The topological polar surface area (TPSA) is 80.6 Å². The number of hydrogen-bond donors (Lipinski definition) is 2. The molecular weight excluding hydrogens is 363 g/mol. The average molecular weight is 382 g/mol. The summed E-state index contributed by atoms with van der Waals surface area (Å²) < 4.78 is 23.5. The molecule has 1 amide bonds. The minimum absolute atomic E-state index is 0.301. The fourth-order valence-corrected chi connectivity index (χ4v) is 2.47. The second-order valence-electron chi connectivity index (χ2n) is 6.02. The molecule has 144 valence electrons. The molecule has 0 aliphatic heterocycles. The molecule has 0 spiro atoms. The largest absolute Gasteiger partial charge is 0.467 e. The van der Waals surface area contributed by atoms with Gasteiger partial charge in [0.15, 0.2) is 6.10 Å². The summed E-state index contributed by atoms with van der Waals surface area (Å²) in [5.41, 5.74) is 1.28. The van der Waals surface area contributed by atoms with E-state index in [0.717, 1.165) is 5.76 Å². The summed E-state index contributed by atoms with van der Waals surface area (Å²) in [6.45, 7) is 1.87. The molecule has 1 atom stereocenters. The minimum atomic E-state index is -1.03. The van der Waals surface area contributed by atoms with E-state index in [4.69, 9.17) is 9.15 Å². The van der Waals surface area contributed by atoms with E-state index >= 15 is 0 Å². The highest BCUT2D eigenvalue weighted by Gasteiger charge is 2.21. The molecule has 2 N–H and O–H groups in total. The standard InChI is InChI=1S/C21H19FN2O4/c1-14(20(25)24-16-10-8-15(22)9-11-16)28-21(26)18-6-2-3-7-19(18)23-13-17-5-4-12-27-17/h2-12,14,23H,13H2,1H3,(H,24,25). The molecule has 7 heteroatoms. The summed E-state index contributed by atoms with van der Waals surface area (Å²) in [6.07, 6.45) is 0.536. The summed E-state index contributed by atoms with van der Waals surface area (Å²) in [6, 6.07) is 15.7.